The number of aromatic nitrogens is 2. The molecule has 0 spiro atoms. The van der Waals surface area contributed by atoms with E-state index < -0.39 is 0 Å². The Labute approximate surface area is 144 Å². The van der Waals surface area contributed by atoms with Gasteiger partial charge in [-0.15, -0.1) is 11.3 Å². The molecule has 3 aromatic rings. The summed E-state index contributed by atoms with van der Waals surface area (Å²) < 4.78 is 6.21. The van der Waals surface area contributed by atoms with E-state index in [0.717, 1.165) is 53.1 Å². The van der Waals surface area contributed by atoms with Gasteiger partial charge in [0.25, 0.3) is 5.91 Å². The second-order valence-corrected chi connectivity index (χ2v) is 7.43. The van der Waals surface area contributed by atoms with Crippen molar-refractivity contribution in [1.29, 1.82) is 0 Å². The molecule has 3 heterocycles. The Morgan fingerprint density at radius 1 is 1.42 bits per heavy atom. The zero-order chi connectivity index (χ0) is 16.5. The molecular weight excluding hydrogens is 322 g/mol. The molecule has 0 bridgehead atoms. The monoisotopic (exact) mass is 341 g/mol. The largest absolute Gasteiger partial charge is 0.340 e. The molecule has 1 aliphatic heterocycles. The van der Waals surface area contributed by atoms with Gasteiger partial charge < -0.3 is 9.42 Å². The summed E-state index contributed by atoms with van der Waals surface area (Å²) in [6.07, 6.45) is 2.90. The third-order valence-corrected chi connectivity index (χ3v) is 5.59. The van der Waals surface area contributed by atoms with Crippen LogP contribution in [0.2, 0.25) is 0 Å². The molecule has 1 fully saturated rings. The van der Waals surface area contributed by atoms with E-state index in [9.17, 15) is 4.79 Å². The minimum Gasteiger partial charge on any atom is -0.340 e. The molecule has 4 rings (SSSR count). The highest BCUT2D eigenvalue weighted by molar-refractivity contribution is 7.20. The minimum absolute atomic E-state index is 0.144. The molecule has 1 atom stereocenters. The lowest BCUT2D eigenvalue weighted by Crippen LogP contribution is -2.40. The van der Waals surface area contributed by atoms with Crippen LogP contribution in [0.15, 0.2) is 34.9 Å². The number of fused-ring (bicyclic) bond motifs is 1. The van der Waals surface area contributed by atoms with E-state index in [1.165, 1.54) is 0 Å². The Morgan fingerprint density at radius 3 is 3.08 bits per heavy atom. The van der Waals surface area contributed by atoms with Gasteiger partial charge in [-0.1, -0.05) is 23.4 Å². The summed E-state index contributed by atoms with van der Waals surface area (Å²) >= 11 is 1.58. The standard InChI is InChI=1S/C18H19N3O2S/c1-12-19-17(20-23-12)9-13-5-4-8-21(11-13)18(22)16-10-14-6-2-3-7-15(14)24-16/h2-3,6-7,10,13H,4-5,8-9,11H2,1H3. The van der Waals surface area contributed by atoms with E-state index in [4.69, 9.17) is 4.52 Å². The van der Waals surface area contributed by atoms with E-state index >= 15 is 0 Å². The van der Waals surface area contributed by atoms with Crippen molar-refractivity contribution in [2.75, 3.05) is 13.1 Å². The lowest BCUT2D eigenvalue weighted by atomic mass is 9.94. The van der Waals surface area contributed by atoms with Crippen LogP contribution in [0.4, 0.5) is 0 Å². The van der Waals surface area contributed by atoms with Crippen molar-refractivity contribution < 1.29 is 9.32 Å². The molecule has 124 valence electrons. The summed E-state index contributed by atoms with van der Waals surface area (Å²) in [6, 6.07) is 10.1. The first-order chi connectivity index (χ1) is 11.7. The van der Waals surface area contributed by atoms with Crippen LogP contribution in [0, 0.1) is 12.8 Å². The first-order valence-electron chi connectivity index (χ1n) is 8.26. The number of carbonyl (C=O) groups excluding carboxylic acids is 1. The summed E-state index contributed by atoms with van der Waals surface area (Å²) in [4.78, 5) is 19.9. The number of hydrogen-bond donors (Lipinski definition) is 0. The molecule has 0 saturated carbocycles. The topological polar surface area (TPSA) is 59.2 Å². The average Bonchev–Trinajstić information content (AvgIpc) is 3.20. The summed E-state index contributed by atoms with van der Waals surface area (Å²) in [5, 5.41) is 5.12. The lowest BCUT2D eigenvalue weighted by Gasteiger charge is -2.32. The number of amides is 1. The molecule has 5 nitrogen and oxygen atoms in total. The van der Waals surface area contributed by atoms with Crippen molar-refractivity contribution in [3.05, 3.63) is 46.9 Å². The normalized spacial score (nSPS) is 18.2. The quantitative estimate of drug-likeness (QED) is 0.729. The number of likely N-dealkylation sites (tertiary alicyclic amines) is 1. The second kappa shape index (κ2) is 6.36. The number of carbonyl (C=O) groups is 1. The highest BCUT2D eigenvalue weighted by Crippen LogP contribution is 2.28. The van der Waals surface area contributed by atoms with Gasteiger partial charge in [-0.3, -0.25) is 4.79 Å². The number of thiophene rings is 1. The minimum atomic E-state index is 0.144. The maximum atomic E-state index is 12.9. The van der Waals surface area contributed by atoms with Crippen LogP contribution in [0.1, 0.15) is 34.2 Å². The van der Waals surface area contributed by atoms with Gasteiger partial charge in [0.1, 0.15) is 0 Å². The molecule has 1 aliphatic rings. The molecule has 1 aromatic carbocycles. The summed E-state index contributed by atoms with van der Waals surface area (Å²) in [5.41, 5.74) is 0. The predicted octanol–water partition coefficient (Wildman–Crippen LogP) is 3.69. The summed E-state index contributed by atoms with van der Waals surface area (Å²) in [6.45, 7) is 3.39. The van der Waals surface area contributed by atoms with Crippen molar-refractivity contribution in [2.45, 2.75) is 26.2 Å². The number of rotatable bonds is 3. The molecule has 2 aromatic heterocycles. The Kier molecular flexibility index (Phi) is 4.06. The maximum absolute atomic E-state index is 12.9. The first kappa shape index (κ1) is 15.3. The van der Waals surface area contributed by atoms with Gasteiger partial charge in [0.05, 0.1) is 4.88 Å². The van der Waals surface area contributed by atoms with Gasteiger partial charge in [0.2, 0.25) is 5.89 Å². The molecule has 0 N–H and O–H groups in total. The van der Waals surface area contributed by atoms with E-state index in [2.05, 4.69) is 22.3 Å². The van der Waals surface area contributed by atoms with Crippen molar-refractivity contribution in [2.24, 2.45) is 5.92 Å². The molecule has 0 radical (unpaired) electrons. The van der Waals surface area contributed by atoms with Crippen LogP contribution in [-0.2, 0) is 6.42 Å². The maximum Gasteiger partial charge on any atom is 0.263 e. The van der Waals surface area contributed by atoms with E-state index in [0.29, 0.717) is 11.8 Å². The van der Waals surface area contributed by atoms with E-state index in [1.807, 2.05) is 23.1 Å². The van der Waals surface area contributed by atoms with Gasteiger partial charge >= 0.3 is 0 Å². The van der Waals surface area contributed by atoms with E-state index in [-0.39, 0.29) is 5.91 Å². The molecule has 1 amide bonds. The molecule has 0 aliphatic carbocycles. The zero-order valence-electron chi connectivity index (χ0n) is 13.6. The van der Waals surface area contributed by atoms with Crippen LogP contribution < -0.4 is 0 Å². The molecule has 1 saturated heterocycles. The van der Waals surface area contributed by atoms with Gasteiger partial charge in [-0.05, 0) is 36.3 Å². The fraction of sp³-hybridized carbons (Fsp3) is 0.389. The fourth-order valence-electron chi connectivity index (χ4n) is 3.34. The highest BCUT2D eigenvalue weighted by atomic mass is 32.1. The van der Waals surface area contributed by atoms with Crippen LogP contribution in [0.5, 0.6) is 0 Å². The van der Waals surface area contributed by atoms with Gasteiger partial charge in [-0.25, -0.2) is 0 Å². The van der Waals surface area contributed by atoms with Gasteiger partial charge in [0.15, 0.2) is 5.82 Å². The Morgan fingerprint density at radius 2 is 2.29 bits per heavy atom. The van der Waals surface area contributed by atoms with Gasteiger partial charge in [-0.2, -0.15) is 4.98 Å². The third kappa shape index (κ3) is 3.06. The first-order valence-corrected chi connectivity index (χ1v) is 9.08. The molecular formula is C18H19N3O2S. The average molecular weight is 341 g/mol. The van der Waals surface area contributed by atoms with E-state index in [1.54, 1.807) is 18.3 Å². The molecule has 1 unspecified atom stereocenters. The number of benzene rings is 1. The van der Waals surface area contributed by atoms with Crippen LogP contribution in [-0.4, -0.2) is 34.0 Å². The smallest absolute Gasteiger partial charge is 0.263 e. The number of hydrogen-bond acceptors (Lipinski definition) is 5. The lowest BCUT2D eigenvalue weighted by molar-refractivity contribution is 0.0677. The SMILES string of the molecule is Cc1nc(CC2CCCN(C(=O)c3cc4ccccc4s3)C2)no1. The summed E-state index contributed by atoms with van der Waals surface area (Å²) in [7, 11) is 0. The third-order valence-electron chi connectivity index (χ3n) is 4.48. The second-order valence-electron chi connectivity index (χ2n) is 6.34. The highest BCUT2D eigenvalue weighted by Gasteiger charge is 2.26. The Balaban J connectivity index is 1.47. The van der Waals surface area contributed by atoms with Crippen molar-refractivity contribution in [3.63, 3.8) is 0 Å². The Bertz CT molecular complexity index is 837. The number of aryl methyl sites for hydroxylation is 1. The van der Waals surface area contributed by atoms with Crippen molar-refractivity contribution in [1.82, 2.24) is 15.0 Å². The fourth-order valence-corrected chi connectivity index (χ4v) is 4.37. The van der Waals surface area contributed by atoms with Crippen LogP contribution in [0.25, 0.3) is 10.1 Å². The zero-order valence-corrected chi connectivity index (χ0v) is 14.4. The Hall–Kier alpha value is -2.21. The van der Waals surface area contributed by atoms with Crippen molar-refractivity contribution in [3.8, 4) is 0 Å². The molecule has 24 heavy (non-hydrogen) atoms. The number of nitrogens with zero attached hydrogens (tertiary/aromatic N) is 3. The molecule has 6 heteroatoms. The van der Waals surface area contributed by atoms with Crippen molar-refractivity contribution >= 4 is 27.3 Å². The van der Waals surface area contributed by atoms with Gasteiger partial charge in [0, 0.05) is 31.1 Å². The predicted molar refractivity (Wildman–Crippen MR) is 93.2 cm³/mol. The van der Waals surface area contributed by atoms with Crippen LogP contribution in [0.3, 0.4) is 0 Å². The van der Waals surface area contributed by atoms with Crippen LogP contribution >= 0.6 is 11.3 Å². The number of piperidine rings is 1. The summed E-state index contributed by atoms with van der Waals surface area (Å²) in [5.74, 6) is 1.88.